The van der Waals surface area contributed by atoms with Crippen molar-refractivity contribution in [2.75, 3.05) is 32.7 Å². The highest BCUT2D eigenvalue weighted by atomic mass is 16.1. The van der Waals surface area contributed by atoms with Crippen molar-refractivity contribution < 1.29 is 4.79 Å². The van der Waals surface area contributed by atoms with E-state index in [2.05, 4.69) is 9.80 Å². The molecular weight excluding hydrogens is 212 g/mol. The lowest BCUT2D eigenvalue weighted by Crippen LogP contribution is -2.63. The van der Waals surface area contributed by atoms with E-state index in [9.17, 15) is 4.79 Å². The van der Waals surface area contributed by atoms with Crippen molar-refractivity contribution in [3.8, 4) is 0 Å². The molecule has 0 radical (unpaired) electrons. The average Bonchev–Trinajstić information content (AvgIpc) is 2.40. The van der Waals surface area contributed by atoms with Gasteiger partial charge in [-0.05, 0) is 6.92 Å². The minimum absolute atomic E-state index is 0.0835. The Morgan fingerprint density at radius 3 is 2.29 bits per heavy atom. The zero-order valence-corrected chi connectivity index (χ0v) is 10.2. The summed E-state index contributed by atoms with van der Waals surface area (Å²) in [5, 5.41) is 0. The first kappa shape index (κ1) is 10.9. The topological polar surface area (TPSA) is 23.6 Å². The Kier molecular flexibility index (Phi) is 2.73. The highest BCUT2D eigenvalue weighted by Crippen LogP contribution is 2.19. The standard InChI is InChI=1S/C14H18N2O/c1-11-2-4-12(5-3-11)14(17)13-10-15-6-8-16(13)9-7-15/h2-5,13H,6-10H2,1H3. The van der Waals surface area contributed by atoms with Gasteiger partial charge in [-0.25, -0.2) is 0 Å². The maximum atomic E-state index is 12.4. The highest BCUT2D eigenvalue weighted by molar-refractivity contribution is 6.00. The predicted octanol–water partition coefficient (Wildman–Crippen LogP) is 1.18. The van der Waals surface area contributed by atoms with Gasteiger partial charge in [0.15, 0.2) is 5.78 Å². The summed E-state index contributed by atoms with van der Waals surface area (Å²) in [6.45, 7) is 7.29. The summed E-state index contributed by atoms with van der Waals surface area (Å²) >= 11 is 0. The monoisotopic (exact) mass is 230 g/mol. The third kappa shape index (κ3) is 2.01. The number of Topliss-reactive ketones (excluding diaryl/α,β-unsaturated/α-hetero) is 1. The van der Waals surface area contributed by atoms with Gasteiger partial charge in [0.1, 0.15) is 0 Å². The summed E-state index contributed by atoms with van der Waals surface area (Å²) in [6.07, 6.45) is 0. The van der Waals surface area contributed by atoms with Crippen LogP contribution in [0.2, 0.25) is 0 Å². The lowest BCUT2D eigenvalue weighted by Gasteiger charge is -2.46. The number of carbonyl (C=O) groups is 1. The summed E-state index contributed by atoms with van der Waals surface area (Å²) in [5.41, 5.74) is 2.06. The molecule has 90 valence electrons. The normalized spacial score (nSPS) is 31.5. The third-order valence-corrected chi connectivity index (χ3v) is 3.92. The van der Waals surface area contributed by atoms with E-state index in [0.29, 0.717) is 0 Å². The largest absolute Gasteiger partial charge is 0.299 e. The second-order valence-corrected chi connectivity index (χ2v) is 5.08. The van der Waals surface area contributed by atoms with Crippen LogP contribution in [-0.2, 0) is 0 Å². The molecule has 17 heavy (non-hydrogen) atoms. The molecule has 3 heterocycles. The molecule has 0 N–H and O–H groups in total. The summed E-state index contributed by atoms with van der Waals surface area (Å²) < 4.78 is 0. The molecule has 1 unspecified atom stereocenters. The number of nitrogens with zero attached hydrogens (tertiary/aromatic N) is 2. The van der Waals surface area contributed by atoms with Crippen molar-refractivity contribution in [1.82, 2.24) is 9.80 Å². The molecule has 1 atom stereocenters. The van der Waals surface area contributed by atoms with Crippen LogP contribution in [0.25, 0.3) is 0 Å². The van der Waals surface area contributed by atoms with Crippen LogP contribution in [0.1, 0.15) is 15.9 Å². The number of hydrogen-bond acceptors (Lipinski definition) is 3. The van der Waals surface area contributed by atoms with Crippen LogP contribution < -0.4 is 0 Å². The van der Waals surface area contributed by atoms with E-state index in [4.69, 9.17) is 0 Å². The average molecular weight is 230 g/mol. The fraction of sp³-hybridized carbons (Fsp3) is 0.500. The Balaban J connectivity index is 1.80. The van der Waals surface area contributed by atoms with Gasteiger partial charge in [0.25, 0.3) is 0 Å². The highest BCUT2D eigenvalue weighted by Gasteiger charge is 2.36. The molecule has 3 nitrogen and oxygen atoms in total. The van der Waals surface area contributed by atoms with Crippen LogP contribution in [-0.4, -0.2) is 54.3 Å². The molecule has 1 aromatic rings. The van der Waals surface area contributed by atoms with Crippen molar-refractivity contribution in [3.63, 3.8) is 0 Å². The van der Waals surface area contributed by atoms with Gasteiger partial charge in [0.05, 0.1) is 6.04 Å². The molecule has 3 aliphatic heterocycles. The van der Waals surface area contributed by atoms with Crippen LogP contribution in [0.4, 0.5) is 0 Å². The maximum Gasteiger partial charge on any atom is 0.181 e. The van der Waals surface area contributed by atoms with E-state index >= 15 is 0 Å². The lowest BCUT2D eigenvalue weighted by molar-refractivity contribution is 0.0159. The van der Waals surface area contributed by atoms with Gasteiger partial charge in [-0.3, -0.25) is 14.6 Å². The molecule has 2 bridgehead atoms. The molecule has 3 fully saturated rings. The second kappa shape index (κ2) is 4.24. The summed E-state index contributed by atoms with van der Waals surface area (Å²) in [4.78, 5) is 17.2. The molecule has 0 aliphatic carbocycles. The first-order valence-corrected chi connectivity index (χ1v) is 6.31. The van der Waals surface area contributed by atoms with E-state index in [-0.39, 0.29) is 11.8 Å². The van der Waals surface area contributed by atoms with Crippen molar-refractivity contribution in [1.29, 1.82) is 0 Å². The minimum atomic E-state index is 0.0835. The van der Waals surface area contributed by atoms with Gasteiger partial charge >= 0.3 is 0 Å². The van der Waals surface area contributed by atoms with Crippen LogP contribution in [0, 0.1) is 6.92 Å². The summed E-state index contributed by atoms with van der Waals surface area (Å²) in [5.74, 6) is 0.286. The van der Waals surface area contributed by atoms with Gasteiger partial charge in [0.2, 0.25) is 0 Å². The van der Waals surface area contributed by atoms with Crippen molar-refractivity contribution in [2.45, 2.75) is 13.0 Å². The van der Waals surface area contributed by atoms with E-state index < -0.39 is 0 Å². The number of carbonyl (C=O) groups excluding carboxylic acids is 1. The van der Waals surface area contributed by atoms with Crippen LogP contribution in [0.5, 0.6) is 0 Å². The van der Waals surface area contributed by atoms with Crippen LogP contribution in [0.15, 0.2) is 24.3 Å². The third-order valence-electron chi connectivity index (χ3n) is 3.92. The van der Waals surface area contributed by atoms with Gasteiger partial charge in [-0.1, -0.05) is 29.8 Å². The molecule has 0 amide bonds. The second-order valence-electron chi connectivity index (χ2n) is 5.08. The smallest absolute Gasteiger partial charge is 0.181 e. The molecule has 4 rings (SSSR count). The molecular formula is C14H18N2O. The van der Waals surface area contributed by atoms with Gasteiger partial charge in [-0.2, -0.15) is 0 Å². The van der Waals surface area contributed by atoms with E-state index in [0.717, 1.165) is 38.3 Å². The SMILES string of the molecule is Cc1ccc(C(=O)C2CN3CCN2CC3)cc1. The fourth-order valence-electron chi connectivity index (χ4n) is 2.78. The number of aryl methyl sites for hydroxylation is 1. The van der Waals surface area contributed by atoms with Gasteiger partial charge in [0, 0.05) is 38.3 Å². The predicted molar refractivity (Wildman–Crippen MR) is 67.3 cm³/mol. The molecule has 3 saturated heterocycles. The summed E-state index contributed by atoms with van der Waals surface area (Å²) in [7, 11) is 0. The van der Waals surface area contributed by atoms with E-state index in [1.807, 2.05) is 31.2 Å². The number of hydrogen-bond donors (Lipinski definition) is 0. The van der Waals surface area contributed by atoms with Crippen molar-refractivity contribution in [2.24, 2.45) is 0 Å². The zero-order chi connectivity index (χ0) is 11.8. The zero-order valence-electron chi connectivity index (χ0n) is 10.2. The molecule has 0 spiro atoms. The first-order chi connectivity index (χ1) is 8.24. The van der Waals surface area contributed by atoms with E-state index in [1.165, 1.54) is 5.56 Å². The Morgan fingerprint density at radius 2 is 1.76 bits per heavy atom. The fourth-order valence-corrected chi connectivity index (χ4v) is 2.78. The molecule has 3 heteroatoms. The van der Waals surface area contributed by atoms with Crippen LogP contribution >= 0.6 is 0 Å². The maximum absolute atomic E-state index is 12.4. The van der Waals surface area contributed by atoms with Crippen molar-refractivity contribution in [3.05, 3.63) is 35.4 Å². The molecule has 0 aromatic heterocycles. The van der Waals surface area contributed by atoms with E-state index in [1.54, 1.807) is 0 Å². The van der Waals surface area contributed by atoms with Crippen molar-refractivity contribution >= 4 is 5.78 Å². The summed E-state index contributed by atoms with van der Waals surface area (Å²) in [6, 6.07) is 8.03. The molecule has 1 aromatic carbocycles. The Bertz CT molecular complexity index is 418. The molecule has 0 saturated carbocycles. The lowest BCUT2D eigenvalue weighted by atomic mass is 9.97. The number of benzene rings is 1. The van der Waals surface area contributed by atoms with Gasteiger partial charge < -0.3 is 0 Å². The number of fused-ring (bicyclic) bond motifs is 3. The number of rotatable bonds is 2. The number of piperazine rings is 3. The Labute approximate surface area is 102 Å². The Hall–Kier alpha value is -1.19. The van der Waals surface area contributed by atoms with Gasteiger partial charge in [-0.15, -0.1) is 0 Å². The molecule has 3 aliphatic rings. The number of ketones is 1. The minimum Gasteiger partial charge on any atom is -0.299 e. The first-order valence-electron chi connectivity index (χ1n) is 6.31. The van der Waals surface area contributed by atoms with Crippen LogP contribution in [0.3, 0.4) is 0 Å². The quantitative estimate of drug-likeness (QED) is 0.713. The Morgan fingerprint density at radius 1 is 1.12 bits per heavy atom.